The molecule has 49 valence electrons. The molecule has 10 heavy (non-hydrogen) atoms. The minimum Gasteiger partial charge on any atom is -0.350 e. The molecule has 0 N–H and O–H groups in total. The average molecular weight is 131 g/mol. The summed E-state index contributed by atoms with van der Waals surface area (Å²) in [7, 11) is 2.01. The largest absolute Gasteiger partial charge is 0.350 e. The molecule has 1 radical (unpaired) electrons. The molecule has 0 aliphatic carbocycles. The lowest BCUT2D eigenvalue weighted by atomic mass is 10.3. The number of aryl methyl sites for hydroxylation is 1. The van der Waals surface area contributed by atoms with E-state index < -0.39 is 0 Å². The van der Waals surface area contributed by atoms with E-state index >= 15 is 0 Å². The van der Waals surface area contributed by atoms with Gasteiger partial charge in [0, 0.05) is 24.8 Å². The molecule has 0 aliphatic rings. The summed E-state index contributed by atoms with van der Waals surface area (Å²) in [5.41, 5.74) is 1.18. The Morgan fingerprint density at radius 3 is 3.30 bits per heavy atom. The fraction of sp³-hybridized carbons (Fsp3) is 0.125. The number of fused-ring (bicyclic) bond motifs is 1. The maximum absolute atomic E-state index is 3.89. The van der Waals surface area contributed by atoms with Gasteiger partial charge in [0.05, 0.1) is 11.7 Å². The average Bonchev–Trinajstić information content (AvgIpc) is 2.34. The zero-order chi connectivity index (χ0) is 6.97. The Balaban J connectivity index is 2.93. The maximum atomic E-state index is 3.89. The minimum absolute atomic E-state index is 1.17. The summed E-state index contributed by atoms with van der Waals surface area (Å²) in [4.78, 5) is 3.89. The van der Waals surface area contributed by atoms with Gasteiger partial charge in [-0.15, -0.1) is 0 Å². The molecule has 0 saturated heterocycles. The van der Waals surface area contributed by atoms with Crippen LogP contribution in [0.5, 0.6) is 0 Å². The van der Waals surface area contributed by atoms with Gasteiger partial charge >= 0.3 is 0 Å². The topological polar surface area (TPSA) is 17.8 Å². The summed E-state index contributed by atoms with van der Waals surface area (Å²) in [6.07, 6.45) is 6.62. The van der Waals surface area contributed by atoms with Crippen LogP contribution in [0.2, 0.25) is 0 Å². The van der Waals surface area contributed by atoms with Gasteiger partial charge in [-0.25, -0.2) is 0 Å². The monoisotopic (exact) mass is 131 g/mol. The standard InChI is InChI=1S/C8H7N2/c1-10-5-3-7-6-9-4-2-8(7)10/h2-3,5-6H,1H3. The number of nitrogens with zero attached hydrogens (tertiary/aromatic N) is 2. The molecule has 0 unspecified atom stereocenters. The van der Waals surface area contributed by atoms with Crippen LogP contribution in [-0.2, 0) is 7.05 Å². The molecule has 0 atom stereocenters. The van der Waals surface area contributed by atoms with Crippen LogP contribution in [-0.4, -0.2) is 9.55 Å². The fourth-order valence-corrected chi connectivity index (χ4v) is 1.06. The van der Waals surface area contributed by atoms with Crippen molar-refractivity contribution in [2.24, 2.45) is 7.05 Å². The predicted octanol–water partition coefficient (Wildman–Crippen LogP) is 1.37. The van der Waals surface area contributed by atoms with Crippen molar-refractivity contribution in [3.05, 3.63) is 30.7 Å². The first-order valence-electron chi connectivity index (χ1n) is 3.15. The second-order valence-electron chi connectivity index (χ2n) is 2.30. The number of hydrogen-bond donors (Lipinski definition) is 0. The van der Waals surface area contributed by atoms with Crippen LogP contribution in [0.25, 0.3) is 10.9 Å². The second-order valence-corrected chi connectivity index (χ2v) is 2.30. The first-order chi connectivity index (χ1) is 4.88. The van der Waals surface area contributed by atoms with E-state index in [4.69, 9.17) is 0 Å². The SMILES string of the molecule is Cn1ccc2cn[c]cc21. The molecule has 2 heteroatoms. The minimum atomic E-state index is 1.17. The molecule has 2 rings (SSSR count). The fourth-order valence-electron chi connectivity index (χ4n) is 1.06. The summed E-state index contributed by atoms with van der Waals surface area (Å²) >= 11 is 0. The Morgan fingerprint density at radius 1 is 1.60 bits per heavy atom. The van der Waals surface area contributed by atoms with Crippen molar-refractivity contribution in [1.29, 1.82) is 0 Å². The molecule has 0 bridgehead atoms. The van der Waals surface area contributed by atoms with Gasteiger partial charge in [0.1, 0.15) is 0 Å². The highest BCUT2D eigenvalue weighted by atomic mass is 14.9. The highest BCUT2D eigenvalue weighted by molar-refractivity contribution is 5.78. The zero-order valence-electron chi connectivity index (χ0n) is 5.70. The van der Waals surface area contributed by atoms with E-state index in [2.05, 4.69) is 11.2 Å². The van der Waals surface area contributed by atoms with Crippen LogP contribution in [0.4, 0.5) is 0 Å². The smallest absolute Gasteiger partial charge is 0.0908 e. The van der Waals surface area contributed by atoms with E-state index in [1.165, 1.54) is 10.9 Å². The molecule has 0 saturated carbocycles. The molecular weight excluding hydrogens is 124 g/mol. The third-order valence-corrected chi connectivity index (χ3v) is 1.63. The maximum Gasteiger partial charge on any atom is 0.0908 e. The van der Waals surface area contributed by atoms with Gasteiger partial charge in [0.2, 0.25) is 0 Å². The number of hydrogen-bond acceptors (Lipinski definition) is 1. The Bertz CT molecular complexity index is 349. The number of rotatable bonds is 0. The molecule has 2 nitrogen and oxygen atoms in total. The second kappa shape index (κ2) is 1.84. The highest BCUT2D eigenvalue weighted by Crippen LogP contribution is 2.10. The van der Waals surface area contributed by atoms with Gasteiger partial charge in [-0.2, -0.15) is 0 Å². The lowest BCUT2D eigenvalue weighted by molar-refractivity contribution is 0.968. The number of pyridine rings is 1. The lowest BCUT2D eigenvalue weighted by Crippen LogP contribution is -1.82. The Hall–Kier alpha value is -1.31. The lowest BCUT2D eigenvalue weighted by Gasteiger charge is -1.91. The van der Waals surface area contributed by atoms with Gasteiger partial charge in [-0.05, 0) is 12.1 Å². The molecule has 0 aliphatic heterocycles. The first-order valence-corrected chi connectivity index (χ1v) is 3.15. The summed E-state index contributed by atoms with van der Waals surface area (Å²) in [6, 6.07) is 3.92. The quantitative estimate of drug-likeness (QED) is 0.528. The van der Waals surface area contributed by atoms with Crippen molar-refractivity contribution in [2.75, 3.05) is 0 Å². The predicted molar refractivity (Wildman–Crippen MR) is 39.6 cm³/mol. The molecule has 0 spiro atoms. The van der Waals surface area contributed by atoms with Crippen LogP contribution < -0.4 is 0 Å². The third-order valence-electron chi connectivity index (χ3n) is 1.63. The van der Waals surface area contributed by atoms with Gasteiger partial charge in [0.15, 0.2) is 0 Å². The Labute approximate surface area is 59.1 Å². The van der Waals surface area contributed by atoms with Crippen molar-refractivity contribution >= 4 is 10.9 Å². The van der Waals surface area contributed by atoms with Crippen molar-refractivity contribution in [3.63, 3.8) is 0 Å². The van der Waals surface area contributed by atoms with Crippen molar-refractivity contribution in [2.45, 2.75) is 0 Å². The van der Waals surface area contributed by atoms with E-state index in [1.807, 2.05) is 36.1 Å². The molecule has 0 amide bonds. The van der Waals surface area contributed by atoms with E-state index in [9.17, 15) is 0 Å². The normalized spacial score (nSPS) is 10.5. The molecule has 2 aromatic heterocycles. The van der Waals surface area contributed by atoms with Crippen LogP contribution in [0.1, 0.15) is 0 Å². The summed E-state index contributed by atoms with van der Waals surface area (Å²) in [6.45, 7) is 0. The van der Waals surface area contributed by atoms with Gasteiger partial charge in [-0.1, -0.05) is 0 Å². The summed E-state index contributed by atoms with van der Waals surface area (Å²) in [5.74, 6) is 0. The highest BCUT2D eigenvalue weighted by Gasteiger charge is 1.93. The van der Waals surface area contributed by atoms with Gasteiger partial charge < -0.3 is 4.57 Å². The van der Waals surface area contributed by atoms with E-state index in [0.717, 1.165) is 0 Å². The van der Waals surface area contributed by atoms with E-state index in [0.29, 0.717) is 0 Å². The molecule has 0 fully saturated rings. The van der Waals surface area contributed by atoms with Crippen molar-refractivity contribution in [3.8, 4) is 0 Å². The van der Waals surface area contributed by atoms with Gasteiger partial charge in [-0.3, -0.25) is 4.98 Å². The van der Waals surface area contributed by atoms with Crippen LogP contribution in [0.15, 0.2) is 24.5 Å². The van der Waals surface area contributed by atoms with Crippen LogP contribution in [0.3, 0.4) is 0 Å². The van der Waals surface area contributed by atoms with Crippen molar-refractivity contribution in [1.82, 2.24) is 9.55 Å². The summed E-state index contributed by atoms with van der Waals surface area (Å²) in [5, 5.41) is 1.17. The molecule has 2 heterocycles. The Morgan fingerprint density at radius 2 is 2.50 bits per heavy atom. The molecule has 2 aromatic rings. The van der Waals surface area contributed by atoms with E-state index in [-0.39, 0.29) is 0 Å². The summed E-state index contributed by atoms with van der Waals surface area (Å²) < 4.78 is 2.05. The van der Waals surface area contributed by atoms with Crippen LogP contribution >= 0.6 is 0 Å². The van der Waals surface area contributed by atoms with E-state index in [1.54, 1.807) is 0 Å². The van der Waals surface area contributed by atoms with Crippen molar-refractivity contribution < 1.29 is 0 Å². The van der Waals surface area contributed by atoms with Gasteiger partial charge in [0.25, 0.3) is 0 Å². The third kappa shape index (κ3) is 0.620. The number of aromatic nitrogens is 2. The first kappa shape index (κ1) is 5.47. The zero-order valence-corrected chi connectivity index (χ0v) is 5.70. The van der Waals surface area contributed by atoms with Crippen LogP contribution in [0, 0.1) is 6.20 Å². The molecular formula is C8H7N2. The molecule has 0 aromatic carbocycles. The Kier molecular flexibility index (Phi) is 1.01.